The molecule has 0 heterocycles. The van der Waals surface area contributed by atoms with E-state index in [9.17, 15) is 9.50 Å². The van der Waals surface area contributed by atoms with Crippen LogP contribution in [0.5, 0.6) is 5.75 Å². The number of aromatic hydroxyl groups is 1. The van der Waals surface area contributed by atoms with Gasteiger partial charge in [0, 0.05) is 0 Å². The van der Waals surface area contributed by atoms with E-state index >= 15 is 0 Å². The number of rotatable bonds is 4. The van der Waals surface area contributed by atoms with E-state index in [0.717, 1.165) is 19.3 Å². The highest BCUT2D eigenvalue weighted by molar-refractivity contribution is 5.37. The summed E-state index contributed by atoms with van der Waals surface area (Å²) < 4.78 is 13.4. The van der Waals surface area contributed by atoms with Gasteiger partial charge in [-0.2, -0.15) is 0 Å². The molecule has 0 saturated heterocycles. The van der Waals surface area contributed by atoms with E-state index in [1.54, 1.807) is 6.07 Å². The Labute approximate surface area is 84.6 Å². The Bertz CT molecular complexity index is 276. The Morgan fingerprint density at radius 1 is 1.07 bits per heavy atom. The minimum Gasteiger partial charge on any atom is -0.508 e. The van der Waals surface area contributed by atoms with E-state index < -0.39 is 0 Å². The Hall–Kier alpha value is -1.05. The predicted octanol–water partition coefficient (Wildman–Crippen LogP) is 3.44. The molecule has 1 rings (SSSR count). The van der Waals surface area contributed by atoms with Crippen molar-refractivity contribution in [2.75, 3.05) is 0 Å². The second kappa shape index (κ2) is 4.99. The summed E-state index contributed by atoms with van der Waals surface area (Å²) in [5.41, 5.74) is 1.33. The number of hydrogen-bond acceptors (Lipinski definition) is 1. The van der Waals surface area contributed by atoms with Gasteiger partial charge in [0.15, 0.2) is 0 Å². The highest BCUT2D eigenvalue weighted by atomic mass is 19.1. The molecule has 1 aromatic rings. The lowest BCUT2D eigenvalue weighted by atomic mass is 10.0. The van der Waals surface area contributed by atoms with E-state index in [1.165, 1.54) is 6.07 Å². The molecule has 1 N–H and O–H groups in total. The summed E-state index contributed by atoms with van der Waals surface area (Å²) in [7, 11) is 0. The first-order chi connectivity index (χ1) is 6.69. The van der Waals surface area contributed by atoms with Crippen molar-refractivity contribution < 1.29 is 9.50 Å². The van der Waals surface area contributed by atoms with Gasteiger partial charge in [-0.25, -0.2) is 4.39 Å². The molecular formula is C12H17FO. The molecule has 1 nitrogen and oxygen atoms in total. The largest absolute Gasteiger partial charge is 0.508 e. The predicted molar refractivity (Wildman–Crippen MR) is 56.1 cm³/mol. The van der Waals surface area contributed by atoms with Crippen LogP contribution in [-0.2, 0) is 12.8 Å². The van der Waals surface area contributed by atoms with Crippen LogP contribution in [0, 0.1) is 5.82 Å². The summed E-state index contributed by atoms with van der Waals surface area (Å²) in [6.45, 7) is 4.01. The second-order valence-electron chi connectivity index (χ2n) is 3.57. The van der Waals surface area contributed by atoms with Crippen molar-refractivity contribution in [1.29, 1.82) is 0 Å². The fourth-order valence-corrected chi connectivity index (χ4v) is 1.58. The number of phenolic OH excluding ortho intramolecular Hbond substituents is 1. The van der Waals surface area contributed by atoms with Gasteiger partial charge in [-0.3, -0.25) is 0 Å². The average Bonchev–Trinajstić information content (AvgIpc) is 2.14. The highest BCUT2D eigenvalue weighted by Gasteiger charge is 2.07. The lowest BCUT2D eigenvalue weighted by Gasteiger charge is -2.07. The molecule has 0 aliphatic carbocycles. The molecule has 0 atom stereocenters. The van der Waals surface area contributed by atoms with Crippen molar-refractivity contribution in [3.05, 3.63) is 29.1 Å². The van der Waals surface area contributed by atoms with Crippen LogP contribution in [0.25, 0.3) is 0 Å². The average molecular weight is 196 g/mol. The fourth-order valence-electron chi connectivity index (χ4n) is 1.58. The summed E-state index contributed by atoms with van der Waals surface area (Å²) >= 11 is 0. The molecule has 14 heavy (non-hydrogen) atoms. The first kappa shape index (κ1) is 11.0. The monoisotopic (exact) mass is 196 g/mol. The molecule has 0 fully saturated rings. The van der Waals surface area contributed by atoms with Gasteiger partial charge in [-0.15, -0.1) is 0 Å². The zero-order chi connectivity index (χ0) is 10.6. The van der Waals surface area contributed by atoms with E-state index in [0.29, 0.717) is 17.5 Å². The van der Waals surface area contributed by atoms with Crippen molar-refractivity contribution in [2.24, 2.45) is 0 Å². The highest BCUT2D eigenvalue weighted by Crippen LogP contribution is 2.23. The third kappa shape index (κ3) is 2.47. The Balaban J connectivity index is 2.97. The molecule has 0 unspecified atom stereocenters. The maximum atomic E-state index is 13.4. The zero-order valence-electron chi connectivity index (χ0n) is 8.81. The summed E-state index contributed by atoms with van der Waals surface area (Å²) in [5.74, 6) is 0.0461. The molecule has 0 aliphatic heterocycles. The molecule has 0 spiro atoms. The van der Waals surface area contributed by atoms with E-state index in [-0.39, 0.29) is 11.6 Å². The van der Waals surface area contributed by atoms with Crippen molar-refractivity contribution in [3.63, 3.8) is 0 Å². The Kier molecular flexibility index (Phi) is 3.93. The SMILES string of the molecule is CCCc1cc(F)c(CCC)cc1O. The molecular weight excluding hydrogens is 179 g/mol. The lowest BCUT2D eigenvalue weighted by molar-refractivity contribution is 0.463. The standard InChI is InChI=1S/C12H17FO/c1-3-5-9-8-12(14)10(6-4-2)7-11(9)13/h7-8,14H,3-6H2,1-2H3. The van der Waals surface area contributed by atoms with Gasteiger partial charge in [-0.1, -0.05) is 26.7 Å². The fraction of sp³-hybridized carbons (Fsp3) is 0.500. The Morgan fingerprint density at radius 3 is 2.21 bits per heavy atom. The van der Waals surface area contributed by atoms with Crippen molar-refractivity contribution in [3.8, 4) is 5.75 Å². The maximum Gasteiger partial charge on any atom is 0.126 e. The quantitative estimate of drug-likeness (QED) is 0.782. The van der Waals surface area contributed by atoms with Crippen LogP contribution >= 0.6 is 0 Å². The minimum absolute atomic E-state index is 0.187. The summed E-state index contributed by atoms with van der Waals surface area (Å²) in [4.78, 5) is 0. The van der Waals surface area contributed by atoms with Crippen LogP contribution < -0.4 is 0 Å². The smallest absolute Gasteiger partial charge is 0.126 e. The van der Waals surface area contributed by atoms with Crippen LogP contribution in [-0.4, -0.2) is 5.11 Å². The van der Waals surface area contributed by atoms with Crippen molar-refractivity contribution >= 4 is 0 Å². The number of hydrogen-bond donors (Lipinski definition) is 1. The van der Waals surface area contributed by atoms with Gasteiger partial charge in [0.1, 0.15) is 11.6 Å². The van der Waals surface area contributed by atoms with Crippen LogP contribution in [0.2, 0.25) is 0 Å². The van der Waals surface area contributed by atoms with Gasteiger partial charge >= 0.3 is 0 Å². The number of halogens is 1. The van der Waals surface area contributed by atoms with Crippen molar-refractivity contribution in [2.45, 2.75) is 39.5 Å². The molecule has 0 aromatic heterocycles. The van der Waals surface area contributed by atoms with E-state index in [1.807, 2.05) is 13.8 Å². The van der Waals surface area contributed by atoms with Gasteiger partial charge in [-0.05, 0) is 36.1 Å². The summed E-state index contributed by atoms with van der Waals surface area (Å²) in [6.07, 6.45) is 3.23. The summed E-state index contributed by atoms with van der Waals surface area (Å²) in [6, 6.07) is 3.02. The molecule has 0 radical (unpaired) electrons. The van der Waals surface area contributed by atoms with E-state index in [2.05, 4.69) is 0 Å². The molecule has 0 bridgehead atoms. The van der Waals surface area contributed by atoms with Gasteiger partial charge in [0.05, 0.1) is 0 Å². The van der Waals surface area contributed by atoms with Crippen LogP contribution in [0.15, 0.2) is 12.1 Å². The van der Waals surface area contributed by atoms with Crippen LogP contribution in [0.3, 0.4) is 0 Å². The first-order valence-electron chi connectivity index (χ1n) is 5.19. The maximum absolute atomic E-state index is 13.4. The molecule has 0 saturated carbocycles. The molecule has 0 aliphatic rings. The molecule has 2 heteroatoms. The topological polar surface area (TPSA) is 20.2 Å². The number of benzene rings is 1. The third-order valence-corrected chi connectivity index (χ3v) is 2.29. The number of phenols is 1. The molecule has 1 aromatic carbocycles. The van der Waals surface area contributed by atoms with Gasteiger partial charge in [0.2, 0.25) is 0 Å². The lowest BCUT2D eigenvalue weighted by Crippen LogP contribution is -1.93. The van der Waals surface area contributed by atoms with Crippen LogP contribution in [0.4, 0.5) is 4.39 Å². The normalized spacial score (nSPS) is 10.5. The van der Waals surface area contributed by atoms with Crippen molar-refractivity contribution in [1.82, 2.24) is 0 Å². The first-order valence-corrected chi connectivity index (χ1v) is 5.19. The zero-order valence-corrected chi connectivity index (χ0v) is 8.81. The second-order valence-corrected chi connectivity index (χ2v) is 3.57. The molecule has 0 amide bonds. The van der Waals surface area contributed by atoms with Gasteiger partial charge in [0.25, 0.3) is 0 Å². The Morgan fingerprint density at radius 2 is 1.64 bits per heavy atom. The molecule has 78 valence electrons. The number of aryl methyl sites for hydroxylation is 2. The van der Waals surface area contributed by atoms with Crippen LogP contribution in [0.1, 0.15) is 37.8 Å². The van der Waals surface area contributed by atoms with Gasteiger partial charge < -0.3 is 5.11 Å². The van der Waals surface area contributed by atoms with E-state index in [4.69, 9.17) is 0 Å². The summed E-state index contributed by atoms with van der Waals surface area (Å²) in [5, 5.41) is 9.61. The third-order valence-electron chi connectivity index (χ3n) is 2.29. The minimum atomic E-state index is -0.187.